The van der Waals surface area contributed by atoms with Gasteiger partial charge in [0.25, 0.3) is 0 Å². The van der Waals surface area contributed by atoms with Crippen LogP contribution >= 0.6 is 11.3 Å². The summed E-state index contributed by atoms with van der Waals surface area (Å²) in [5.74, 6) is 0.283. The van der Waals surface area contributed by atoms with Crippen molar-refractivity contribution in [1.82, 2.24) is 4.90 Å². The van der Waals surface area contributed by atoms with E-state index in [0.717, 1.165) is 25.8 Å². The summed E-state index contributed by atoms with van der Waals surface area (Å²) in [6.45, 7) is 0.918. The zero-order valence-electron chi connectivity index (χ0n) is 11.5. The molecule has 0 radical (unpaired) electrons. The van der Waals surface area contributed by atoms with E-state index in [9.17, 15) is 4.79 Å². The fraction of sp³-hybridized carbons (Fsp3) is 0.353. The Balaban J connectivity index is 1.64. The van der Waals surface area contributed by atoms with Crippen molar-refractivity contribution in [2.75, 3.05) is 6.54 Å². The molecule has 1 unspecified atom stereocenters. The van der Waals surface area contributed by atoms with Crippen molar-refractivity contribution in [2.45, 2.75) is 31.7 Å². The van der Waals surface area contributed by atoms with E-state index in [2.05, 4.69) is 29.2 Å². The van der Waals surface area contributed by atoms with E-state index in [0.29, 0.717) is 12.5 Å². The van der Waals surface area contributed by atoms with E-state index < -0.39 is 0 Å². The first-order valence-corrected chi connectivity index (χ1v) is 8.06. The van der Waals surface area contributed by atoms with Crippen molar-refractivity contribution in [2.24, 2.45) is 0 Å². The number of hydrogen-bond acceptors (Lipinski definition) is 2. The third-order valence-electron chi connectivity index (χ3n) is 3.92. The van der Waals surface area contributed by atoms with Crippen molar-refractivity contribution >= 4 is 17.2 Å². The lowest BCUT2D eigenvalue weighted by Crippen LogP contribution is -2.37. The van der Waals surface area contributed by atoms with Crippen LogP contribution in [-0.2, 0) is 17.6 Å². The van der Waals surface area contributed by atoms with Gasteiger partial charge >= 0.3 is 0 Å². The van der Waals surface area contributed by atoms with Crippen LogP contribution in [0.4, 0.5) is 0 Å². The Hall–Kier alpha value is -1.61. The lowest BCUT2D eigenvalue weighted by molar-refractivity contribution is -0.131. The maximum Gasteiger partial charge on any atom is 0.228 e. The lowest BCUT2D eigenvalue weighted by Gasteiger charge is -2.24. The summed E-state index contributed by atoms with van der Waals surface area (Å²) in [6, 6.07) is 14.9. The van der Waals surface area contributed by atoms with Crippen LogP contribution < -0.4 is 0 Å². The molecule has 1 aliphatic rings. The van der Waals surface area contributed by atoms with Gasteiger partial charge in [0.05, 0.1) is 6.42 Å². The highest BCUT2D eigenvalue weighted by Gasteiger charge is 2.28. The zero-order valence-corrected chi connectivity index (χ0v) is 12.3. The standard InChI is InChI=1S/C17H19NOS/c19-17(13-16-9-5-11-20-16)18-10-4-8-15(18)12-14-6-2-1-3-7-14/h1-3,5-7,9,11,15H,4,8,10,12-13H2. The molecule has 1 aliphatic heterocycles. The number of benzene rings is 1. The fourth-order valence-corrected chi connectivity index (χ4v) is 3.62. The molecule has 20 heavy (non-hydrogen) atoms. The minimum Gasteiger partial charge on any atom is -0.339 e. The van der Waals surface area contributed by atoms with E-state index in [1.54, 1.807) is 11.3 Å². The molecule has 104 valence electrons. The Bertz CT molecular complexity index is 550. The predicted octanol–water partition coefficient (Wildman–Crippen LogP) is 3.52. The van der Waals surface area contributed by atoms with Crippen molar-refractivity contribution in [3.05, 3.63) is 58.3 Å². The average Bonchev–Trinajstić information content (AvgIpc) is 3.11. The van der Waals surface area contributed by atoms with Crippen molar-refractivity contribution in [3.63, 3.8) is 0 Å². The maximum absolute atomic E-state index is 12.4. The molecule has 1 aromatic carbocycles. The molecule has 0 aliphatic carbocycles. The Morgan fingerprint density at radius 3 is 2.80 bits per heavy atom. The van der Waals surface area contributed by atoms with Crippen molar-refractivity contribution < 1.29 is 4.79 Å². The third kappa shape index (κ3) is 3.10. The zero-order chi connectivity index (χ0) is 13.8. The quantitative estimate of drug-likeness (QED) is 0.841. The molecular formula is C17H19NOS. The third-order valence-corrected chi connectivity index (χ3v) is 4.79. The molecule has 3 rings (SSSR count). The molecule has 1 fully saturated rings. The highest BCUT2D eigenvalue weighted by atomic mass is 32.1. The van der Waals surface area contributed by atoms with Gasteiger partial charge < -0.3 is 4.90 Å². The number of carbonyl (C=O) groups is 1. The van der Waals surface area contributed by atoms with Gasteiger partial charge in [-0.05, 0) is 36.3 Å². The monoisotopic (exact) mass is 285 g/mol. The number of nitrogens with zero attached hydrogens (tertiary/aromatic N) is 1. The largest absolute Gasteiger partial charge is 0.339 e. The average molecular weight is 285 g/mol. The molecule has 3 heteroatoms. The van der Waals surface area contributed by atoms with E-state index in [-0.39, 0.29) is 5.91 Å². The van der Waals surface area contributed by atoms with Crippen LogP contribution in [0.3, 0.4) is 0 Å². The van der Waals surface area contributed by atoms with Crippen LogP contribution in [0, 0.1) is 0 Å². The summed E-state index contributed by atoms with van der Waals surface area (Å²) in [5, 5.41) is 2.04. The molecule has 1 aromatic heterocycles. The van der Waals surface area contributed by atoms with Gasteiger partial charge in [-0.1, -0.05) is 36.4 Å². The number of hydrogen-bond donors (Lipinski definition) is 0. The topological polar surface area (TPSA) is 20.3 Å². The summed E-state index contributed by atoms with van der Waals surface area (Å²) >= 11 is 1.67. The van der Waals surface area contributed by atoms with Gasteiger partial charge in [-0.15, -0.1) is 11.3 Å². The van der Waals surface area contributed by atoms with Gasteiger partial charge in [-0.2, -0.15) is 0 Å². The van der Waals surface area contributed by atoms with Crippen molar-refractivity contribution in [1.29, 1.82) is 0 Å². The molecule has 0 spiro atoms. The van der Waals surface area contributed by atoms with Crippen molar-refractivity contribution in [3.8, 4) is 0 Å². The van der Waals surface area contributed by atoms with Gasteiger partial charge in [0.1, 0.15) is 0 Å². The second-order valence-electron chi connectivity index (χ2n) is 5.33. The Kier molecular flexibility index (Phi) is 4.16. The second-order valence-corrected chi connectivity index (χ2v) is 6.36. The van der Waals surface area contributed by atoms with E-state index in [4.69, 9.17) is 0 Å². The molecule has 2 heterocycles. The summed E-state index contributed by atoms with van der Waals surface area (Å²) in [6.07, 6.45) is 3.80. The molecule has 2 nitrogen and oxygen atoms in total. The summed E-state index contributed by atoms with van der Waals surface area (Å²) in [5.41, 5.74) is 1.33. The first-order chi connectivity index (χ1) is 9.83. The maximum atomic E-state index is 12.4. The van der Waals surface area contributed by atoms with Crippen LogP contribution in [0.1, 0.15) is 23.3 Å². The Labute approximate surface area is 124 Å². The molecule has 0 N–H and O–H groups in total. The molecule has 2 aromatic rings. The number of amides is 1. The minimum atomic E-state index is 0.283. The number of thiophene rings is 1. The fourth-order valence-electron chi connectivity index (χ4n) is 2.93. The molecule has 0 saturated carbocycles. The van der Waals surface area contributed by atoms with Gasteiger partial charge in [0.2, 0.25) is 5.91 Å². The summed E-state index contributed by atoms with van der Waals surface area (Å²) in [4.78, 5) is 15.7. The normalized spacial score (nSPS) is 18.4. The summed E-state index contributed by atoms with van der Waals surface area (Å²) in [7, 11) is 0. The highest BCUT2D eigenvalue weighted by molar-refractivity contribution is 7.10. The van der Waals surface area contributed by atoms with E-state index in [1.165, 1.54) is 10.4 Å². The summed E-state index contributed by atoms with van der Waals surface area (Å²) < 4.78 is 0. The predicted molar refractivity (Wildman–Crippen MR) is 82.9 cm³/mol. The van der Waals surface area contributed by atoms with Crippen LogP contribution in [0.25, 0.3) is 0 Å². The lowest BCUT2D eigenvalue weighted by atomic mass is 10.0. The van der Waals surface area contributed by atoms with E-state index in [1.807, 2.05) is 23.6 Å². The first kappa shape index (κ1) is 13.4. The van der Waals surface area contributed by atoms with E-state index >= 15 is 0 Å². The molecule has 1 saturated heterocycles. The van der Waals surface area contributed by atoms with Gasteiger partial charge in [0, 0.05) is 17.5 Å². The van der Waals surface area contributed by atoms with Crippen LogP contribution in [0.5, 0.6) is 0 Å². The van der Waals surface area contributed by atoms with Gasteiger partial charge in [0.15, 0.2) is 0 Å². The first-order valence-electron chi connectivity index (χ1n) is 7.19. The second kappa shape index (κ2) is 6.23. The Morgan fingerprint density at radius 2 is 2.05 bits per heavy atom. The molecule has 1 amide bonds. The van der Waals surface area contributed by atoms with Crippen LogP contribution in [-0.4, -0.2) is 23.4 Å². The smallest absolute Gasteiger partial charge is 0.228 e. The number of rotatable bonds is 4. The van der Waals surface area contributed by atoms with Crippen LogP contribution in [0.15, 0.2) is 47.8 Å². The Morgan fingerprint density at radius 1 is 1.20 bits per heavy atom. The number of carbonyl (C=O) groups excluding carboxylic acids is 1. The molecular weight excluding hydrogens is 266 g/mol. The SMILES string of the molecule is O=C(Cc1cccs1)N1CCCC1Cc1ccccc1. The van der Waals surface area contributed by atoms with Gasteiger partial charge in [-0.3, -0.25) is 4.79 Å². The molecule has 1 atom stereocenters. The minimum absolute atomic E-state index is 0.283. The number of likely N-dealkylation sites (tertiary alicyclic amines) is 1. The molecule has 0 bridgehead atoms. The highest BCUT2D eigenvalue weighted by Crippen LogP contribution is 2.23. The van der Waals surface area contributed by atoms with Crippen LogP contribution in [0.2, 0.25) is 0 Å². The van der Waals surface area contributed by atoms with Gasteiger partial charge in [-0.25, -0.2) is 0 Å².